The third-order valence-corrected chi connectivity index (χ3v) is 4.64. The number of para-hydroxylation sites is 1. The molecule has 1 aromatic rings. The number of halogens is 1. The lowest BCUT2D eigenvalue weighted by molar-refractivity contribution is -0.137. The first kappa shape index (κ1) is 18.4. The number of hydrogen-bond acceptors (Lipinski definition) is 3. The van der Waals surface area contributed by atoms with Gasteiger partial charge in [0.05, 0.1) is 12.5 Å². The molecule has 132 valence electrons. The minimum absolute atomic E-state index is 0.00744. The minimum atomic E-state index is -1.08. The number of Topliss-reactive ketones (excluding diaryl/α,β-unsaturated/α-hetero) is 1. The summed E-state index contributed by atoms with van der Waals surface area (Å²) in [5.74, 6) is -0.785. The molecule has 1 saturated carbocycles. The van der Waals surface area contributed by atoms with Gasteiger partial charge in [0, 0.05) is 18.8 Å². The molecule has 24 heavy (non-hydrogen) atoms. The molecule has 0 saturated heterocycles. The summed E-state index contributed by atoms with van der Waals surface area (Å²) in [4.78, 5) is 22.5. The molecule has 0 bridgehead atoms. The van der Waals surface area contributed by atoms with E-state index in [1.54, 1.807) is 0 Å². The Hall–Kier alpha value is -1.91. The topological polar surface area (TPSA) is 63.6 Å². The molecule has 0 amide bonds. The molecule has 0 heterocycles. The van der Waals surface area contributed by atoms with Gasteiger partial charge in [0.15, 0.2) is 0 Å². The highest BCUT2D eigenvalue weighted by molar-refractivity contribution is 5.84. The number of ether oxygens (including phenoxy) is 1. The lowest BCUT2D eigenvalue weighted by Crippen LogP contribution is -2.25. The molecular weight excluding hydrogens is 311 g/mol. The van der Waals surface area contributed by atoms with E-state index in [0.29, 0.717) is 18.6 Å². The Balaban J connectivity index is 1.76. The molecule has 4 nitrogen and oxygen atoms in total. The van der Waals surface area contributed by atoms with E-state index >= 15 is 0 Å². The molecule has 1 unspecified atom stereocenters. The predicted octanol–water partition coefficient (Wildman–Crippen LogP) is 4.03. The number of benzene rings is 1. The summed E-state index contributed by atoms with van der Waals surface area (Å²) in [6, 6.07) is 9.25. The van der Waals surface area contributed by atoms with Crippen LogP contribution in [0.4, 0.5) is 4.39 Å². The van der Waals surface area contributed by atoms with Crippen molar-refractivity contribution in [3.05, 3.63) is 30.3 Å². The van der Waals surface area contributed by atoms with Crippen molar-refractivity contribution in [3.8, 4) is 5.75 Å². The van der Waals surface area contributed by atoms with Gasteiger partial charge >= 0.3 is 5.97 Å². The second-order valence-electron chi connectivity index (χ2n) is 6.43. The summed E-state index contributed by atoms with van der Waals surface area (Å²) in [5.41, 5.74) is 0. The van der Waals surface area contributed by atoms with Crippen LogP contribution in [0.5, 0.6) is 5.75 Å². The fourth-order valence-electron chi connectivity index (χ4n) is 3.30. The first-order valence-electron chi connectivity index (χ1n) is 8.64. The van der Waals surface area contributed by atoms with Gasteiger partial charge in [-0.25, -0.2) is 4.39 Å². The number of carboxylic acids is 1. The Labute approximate surface area is 142 Å². The molecular formula is C19H25FO4. The summed E-state index contributed by atoms with van der Waals surface area (Å²) in [6.45, 7) is 0.229. The Morgan fingerprint density at radius 1 is 1.17 bits per heavy atom. The van der Waals surface area contributed by atoms with Crippen LogP contribution in [0.25, 0.3) is 0 Å². The highest BCUT2D eigenvalue weighted by Crippen LogP contribution is 2.36. The van der Waals surface area contributed by atoms with Crippen LogP contribution in [0, 0.1) is 11.8 Å². The van der Waals surface area contributed by atoms with Gasteiger partial charge in [-0.2, -0.15) is 0 Å². The molecule has 0 spiro atoms. The lowest BCUT2D eigenvalue weighted by atomic mass is 9.90. The quantitative estimate of drug-likeness (QED) is 0.655. The number of unbranched alkanes of at least 4 members (excludes halogenated alkanes) is 3. The number of carbonyl (C=O) groups excluding carboxylic acids is 1. The van der Waals surface area contributed by atoms with Crippen molar-refractivity contribution in [2.45, 2.75) is 51.1 Å². The van der Waals surface area contributed by atoms with E-state index in [-0.39, 0.29) is 37.1 Å². The van der Waals surface area contributed by atoms with Crippen LogP contribution in [-0.2, 0) is 9.59 Å². The molecule has 1 aliphatic rings. The van der Waals surface area contributed by atoms with Crippen LogP contribution in [0.3, 0.4) is 0 Å². The summed E-state index contributed by atoms with van der Waals surface area (Å²) in [6.07, 6.45) is 2.92. The molecule has 0 aliphatic heterocycles. The maximum Gasteiger partial charge on any atom is 0.303 e. The average molecular weight is 336 g/mol. The van der Waals surface area contributed by atoms with Crippen LogP contribution in [0.1, 0.15) is 44.9 Å². The fraction of sp³-hybridized carbons (Fsp3) is 0.579. The highest BCUT2D eigenvalue weighted by atomic mass is 19.1. The third-order valence-electron chi connectivity index (χ3n) is 4.64. The van der Waals surface area contributed by atoms with Gasteiger partial charge in [-0.05, 0) is 25.0 Å². The molecule has 1 fully saturated rings. The second kappa shape index (κ2) is 9.40. The standard InChI is InChI=1S/C19H25FO4/c20-17-12-18(21)16(13-24-14-8-4-3-5-9-14)15(17)10-6-1-2-7-11-19(22)23/h3-5,8-9,15-17H,1-2,6-7,10-13H2,(H,22,23)/t15-,16-,17?/m1/s1. The van der Waals surface area contributed by atoms with E-state index in [4.69, 9.17) is 9.84 Å². The molecule has 5 heteroatoms. The van der Waals surface area contributed by atoms with Gasteiger partial charge in [0.1, 0.15) is 17.7 Å². The lowest BCUT2D eigenvalue weighted by Gasteiger charge is -2.20. The average Bonchev–Trinajstić information content (AvgIpc) is 2.83. The van der Waals surface area contributed by atoms with Gasteiger partial charge in [0.2, 0.25) is 0 Å². The Morgan fingerprint density at radius 2 is 1.88 bits per heavy atom. The SMILES string of the molecule is O=C(O)CCCCCC[C@H]1C(F)CC(=O)[C@@H]1COc1ccccc1. The first-order valence-corrected chi connectivity index (χ1v) is 8.64. The van der Waals surface area contributed by atoms with Crippen molar-refractivity contribution in [2.75, 3.05) is 6.61 Å². The zero-order valence-electron chi connectivity index (χ0n) is 13.8. The van der Waals surface area contributed by atoms with E-state index in [0.717, 1.165) is 19.3 Å². The molecule has 3 atom stereocenters. The smallest absolute Gasteiger partial charge is 0.303 e. The Morgan fingerprint density at radius 3 is 2.58 bits per heavy atom. The summed E-state index contributed by atoms with van der Waals surface area (Å²) in [7, 11) is 0. The number of hydrogen-bond donors (Lipinski definition) is 1. The third kappa shape index (κ3) is 5.62. The number of alkyl halides is 1. The largest absolute Gasteiger partial charge is 0.493 e. The molecule has 1 aliphatic carbocycles. The Kier molecular flexibility index (Phi) is 7.22. The molecule has 0 radical (unpaired) electrons. The van der Waals surface area contributed by atoms with Crippen LogP contribution in [0.15, 0.2) is 30.3 Å². The van der Waals surface area contributed by atoms with Gasteiger partial charge in [-0.15, -0.1) is 0 Å². The first-order chi connectivity index (χ1) is 11.6. The molecule has 1 aromatic carbocycles. The zero-order chi connectivity index (χ0) is 17.4. The molecule has 2 rings (SSSR count). The second-order valence-corrected chi connectivity index (χ2v) is 6.43. The van der Waals surface area contributed by atoms with Crippen molar-refractivity contribution in [1.29, 1.82) is 0 Å². The van der Waals surface area contributed by atoms with E-state index in [1.165, 1.54) is 0 Å². The van der Waals surface area contributed by atoms with Gasteiger partial charge in [-0.1, -0.05) is 37.5 Å². The van der Waals surface area contributed by atoms with E-state index in [1.807, 2.05) is 30.3 Å². The number of carbonyl (C=O) groups is 2. The van der Waals surface area contributed by atoms with Crippen LogP contribution < -0.4 is 4.74 Å². The van der Waals surface area contributed by atoms with Crippen LogP contribution in [-0.4, -0.2) is 29.6 Å². The summed E-state index contributed by atoms with van der Waals surface area (Å²) < 4.78 is 19.8. The van der Waals surface area contributed by atoms with Crippen molar-refractivity contribution < 1.29 is 23.8 Å². The van der Waals surface area contributed by atoms with Crippen molar-refractivity contribution in [3.63, 3.8) is 0 Å². The molecule has 1 N–H and O–H groups in total. The zero-order valence-corrected chi connectivity index (χ0v) is 13.8. The number of carboxylic acid groups (broad SMARTS) is 1. The minimum Gasteiger partial charge on any atom is -0.493 e. The van der Waals surface area contributed by atoms with Crippen molar-refractivity contribution in [2.24, 2.45) is 11.8 Å². The van der Waals surface area contributed by atoms with Crippen molar-refractivity contribution >= 4 is 11.8 Å². The fourth-order valence-corrected chi connectivity index (χ4v) is 3.30. The summed E-state index contributed by atoms with van der Waals surface area (Å²) in [5, 5.41) is 8.59. The molecule has 0 aromatic heterocycles. The van der Waals surface area contributed by atoms with E-state index in [2.05, 4.69) is 0 Å². The van der Waals surface area contributed by atoms with Gasteiger partial charge in [-0.3, -0.25) is 9.59 Å². The maximum absolute atomic E-state index is 14.1. The monoisotopic (exact) mass is 336 g/mol. The van der Waals surface area contributed by atoms with Gasteiger partial charge < -0.3 is 9.84 Å². The van der Waals surface area contributed by atoms with Crippen LogP contribution >= 0.6 is 0 Å². The van der Waals surface area contributed by atoms with E-state index in [9.17, 15) is 14.0 Å². The summed E-state index contributed by atoms with van der Waals surface area (Å²) >= 11 is 0. The predicted molar refractivity (Wildman–Crippen MR) is 88.8 cm³/mol. The maximum atomic E-state index is 14.1. The Bertz CT molecular complexity index is 531. The number of rotatable bonds is 10. The normalized spacial score (nSPS) is 23.4. The van der Waals surface area contributed by atoms with Crippen molar-refractivity contribution in [1.82, 2.24) is 0 Å². The van der Waals surface area contributed by atoms with Crippen LogP contribution in [0.2, 0.25) is 0 Å². The van der Waals surface area contributed by atoms with Gasteiger partial charge in [0.25, 0.3) is 0 Å². The number of ketones is 1. The highest BCUT2D eigenvalue weighted by Gasteiger charge is 2.42. The number of aliphatic carboxylic acids is 1. The van der Waals surface area contributed by atoms with E-state index < -0.39 is 12.1 Å².